The van der Waals surface area contributed by atoms with Crippen molar-refractivity contribution >= 4 is 0 Å². The molecule has 0 amide bonds. The lowest BCUT2D eigenvalue weighted by Crippen LogP contribution is -2.40. The fourth-order valence-corrected chi connectivity index (χ4v) is 2.97. The van der Waals surface area contributed by atoms with Gasteiger partial charge in [0, 0.05) is 18.2 Å². The molecule has 2 nitrogen and oxygen atoms in total. The number of nitrogens with one attached hydrogen (secondary N) is 1. The lowest BCUT2D eigenvalue weighted by Gasteiger charge is -2.34. The predicted molar refractivity (Wildman–Crippen MR) is 75.7 cm³/mol. The summed E-state index contributed by atoms with van der Waals surface area (Å²) in [6.45, 7) is 7.53. The van der Waals surface area contributed by atoms with Crippen molar-refractivity contribution in [2.45, 2.75) is 52.6 Å². The third-order valence-corrected chi connectivity index (χ3v) is 4.50. The molecule has 1 aromatic rings. The Kier molecular flexibility index (Phi) is 4.28. The van der Waals surface area contributed by atoms with E-state index >= 15 is 0 Å². The first-order valence-electron chi connectivity index (χ1n) is 7.10. The monoisotopic (exact) mass is 247 g/mol. The van der Waals surface area contributed by atoms with Gasteiger partial charge < -0.3 is 10.4 Å². The number of hydrogen-bond donors (Lipinski definition) is 2. The second kappa shape index (κ2) is 5.75. The number of aryl methyl sites for hydroxylation is 1. The number of phenolic OH excluding ortho intramolecular Hbond substituents is 1. The van der Waals surface area contributed by atoms with Gasteiger partial charge in [-0.1, -0.05) is 44.4 Å². The predicted octanol–water partition coefficient (Wildman–Crippen LogP) is 3.61. The van der Waals surface area contributed by atoms with Crippen LogP contribution in [-0.4, -0.2) is 11.1 Å². The highest BCUT2D eigenvalue weighted by molar-refractivity contribution is 5.35. The van der Waals surface area contributed by atoms with Crippen LogP contribution >= 0.6 is 0 Å². The summed E-state index contributed by atoms with van der Waals surface area (Å²) in [6.07, 6.45) is 3.94. The molecule has 2 rings (SSSR count). The molecular formula is C16H25NO. The largest absolute Gasteiger partial charge is 0.508 e. The highest BCUT2D eigenvalue weighted by atomic mass is 16.3. The quantitative estimate of drug-likeness (QED) is 0.855. The summed E-state index contributed by atoms with van der Waals surface area (Å²) in [5, 5.41) is 13.5. The molecule has 1 saturated carbocycles. The van der Waals surface area contributed by atoms with Crippen LogP contribution in [0.4, 0.5) is 0 Å². The number of hydrogen-bond acceptors (Lipinski definition) is 2. The van der Waals surface area contributed by atoms with E-state index in [1.165, 1.54) is 24.8 Å². The minimum Gasteiger partial charge on any atom is -0.508 e. The van der Waals surface area contributed by atoms with Gasteiger partial charge in [-0.2, -0.15) is 0 Å². The van der Waals surface area contributed by atoms with Crippen LogP contribution in [0.2, 0.25) is 0 Å². The summed E-state index contributed by atoms with van der Waals surface area (Å²) in [5.41, 5.74) is 2.22. The van der Waals surface area contributed by atoms with Crippen molar-refractivity contribution in [3.8, 4) is 5.75 Å². The van der Waals surface area contributed by atoms with Crippen molar-refractivity contribution in [1.29, 1.82) is 0 Å². The Hall–Kier alpha value is -1.02. The molecule has 3 atom stereocenters. The Morgan fingerprint density at radius 3 is 2.83 bits per heavy atom. The first kappa shape index (κ1) is 13.4. The van der Waals surface area contributed by atoms with Crippen LogP contribution < -0.4 is 5.32 Å². The first-order valence-corrected chi connectivity index (χ1v) is 7.10. The molecule has 100 valence electrons. The Morgan fingerprint density at radius 1 is 1.28 bits per heavy atom. The number of phenols is 1. The molecule has 1 aliphatic carbocycles. The van der Waals surface area contributed by atoms with Crippen LogP contribution in [0.1, 0.15) is 44.2 Å². The highest BCUT2D eigenvalue weighted by Gasteiger charge is 2.26. The third-order valence-electron chi connectivity index (χ3n) is 4.50. The van der Waals surface area contributed by atoms with Gasteiger partial charge >= 0.3 is 0 Å². The average Bonchev–Trinajstić information content (AvgIpc) is 2.35. The van der Waals surface area contributed by atoms with Gasteiger partial charge in [-0.25, -0.2) is 0 Å². The maximum atomic E-state index is 9.84. The minimum absolute atomic E-state index is 0.407. The second-order valence-electron chi connectivity index (χ2n) is 5.89. The number of benzene rings is 1. The SMILES string of the molecule is Cc1ccc(O)c(CNC2CCCC(C)C2C)c1. The standard InChI is InChI=1S/C16H25NO/c1-11-7-8-16(18)14(9-11)10-17-15-6-4-5-12(2)13(15)3/h7-9,12-13,15,17-18H,4-6,10H2,1-3H3. The molecule has 0 bridgehead atoms. The Balaban J connectivity index is 1.96. The van der Waals surface area contributed by atoms with E-state index in [4.69, 9.17) is 0 Å². The van der Waals surface area contributed by atoms with Crippen molar-refractivity contribution in [2.75, 3.05) is 0 Å². The van der Waals surface area contributed by atoms with Crippen LogP contribution in [0.15, 0.2) is 18.2 Å². The molecule has 2 N–H and O–H groups in total. The fraction of sp³-hybridized carbons (Fsp3) is 0.625. The van der Waals surface area contributed by atoms with Gasteiger partial charge in [-0.15, -0.1) is 0 Å². The number of rotatable bonds is 3. The lowest BCUT2D eigenvalue weighted by molar-refractivity contribution is 0.205. The zero-order chi connectivity index (χ0) is 13.1. The second-order valence-corrected chi connectivity index (χ2v) is 5.89. The van der Waals surface area contributed by atoms with Crippen molar-refractivity contribution in [2.24, 2.45) is 11.8 Å². The van der Waals surface area contributed by atoms with Gasteiger partial charge in [0.15, 0.2) is 0 Å². The van der Waals surface area contributed by atoms with Crippen LogP contribution in [0.5, 0.6) is 5.75 Å². The summed E-state index contributed by atoms with van der Waals surface area (Å²) in [5.74, 6) is 1.94. The van der Waals surface area contributed by atoms with E-state index in [1.807, 2.05) is 6.07 Å². The van der Waals surface area contributed by atoms with E-state index in [0.717, 1.165) is 23.9 Å². The van der Waals surface area contributed by atoms with Crippen molar-refractivity contribution < 1.29 is 5.11 Å². The van der Waals surface area contributed by atoms with Gasteiger partial charge in [0.05, 0.1) is 0 Å². The molecule has 1 fully saturated rings. The Bertz CT molecular complexity index is 402. The van der Waals surface area contributed by atoms with Crippen LogP contribution in [0.25, 0.3) is 0 Å². The van der Waals surface area contributed by atoms with Gasteiger partial charge in [-0.3, -0.25) is 0 Å². The van der Waals surface area contributed by atoms with Crippen LogP contribution in [-0.2, 0) is 6.54 Å². The van der Waals surface area contributed by atoms with E-state index < -0.39 is 0 Å². The summed E-state index contributed by atoms with van der Waals surface area (Å²) in [7, 11) is 0. The van der Waals surface area contributed by atoms with Gasteiger partial charge in [0.2, 0.25) is 0 Å². The fourth-order valence-electron chi connectivity index (χ4n) is 2.97. The van der Waals surface area contributed by atoms with Crippen molar-refractivity contribution in [1.82, 2.24) is 5.32 Å². The molecule has 0 aromatic heterocycles. The normalized spacial score (nSPS) is 28.3. The third kappa shape index (κ3) is 3.05. The van der Waals surface area contributed by atoms with E-state index in [0.29, 0.717) is 11.8 Å². The zero-order valence-electron chi connectivity index (χ0n) is 11.7. The van der Waals surface area contributed by atoms with Gasteiger partial charge in [0.1, 0.15) is 5.75 Å². The van der Waals surface area contributed by atoms with E-state index in [1.54, 1.807) is 6.07 Å². The van der Waals surface area contributed by atoms with Crippen molar-refractivity contribution in [3.63, 3.8) is 0 Å². The topological polar surface area (TPSA) is 32.3 Å². The molecule has 18 heavy (non-hydrogen) atoms. The van der Waals surface area contributed by atoms with Gasteiger partial charge in [0.25, 0.3) is 0 Å². The molecule has 1 aliphatic rings. The molecule has 0 spiro atoms. The zero-order valence-corrected chi connectivity index (χ0v) is 11.7. The van der Waals surface area contributed by atoms with Crippen molar-refractivity contribution in [3.05, 3.63) is 29.3 Å². The summed E-state index contributed by atoms with van der Waals surface area (Å²) in [4.78, 5) is 0. The summed E-state index contributed by atoms with van der Waals surface area (Å²) >= 11 is 0. The smallest absolute Gasteiger partial charge is 0.120 e. The molecule has 0 heterocycles. The number of aromatic hydroxyl groups is 1. The van der Waals surface area contributed by atoms with Crippen LogP contribution in [0.3, 0.4) is 0 Å². The summed E-state index contributed by atoms with van der Waals surface area (Å²) < 4.78 is 0. The Labute approximate surface area is 110 Å². The maximum Gasteiger partial charge on any atom is 0.120 e. The molecule has 0 radical (unpaired) electrons. The average molecular weight is 247 g/mol. The lowest BCUT2D eigenvalue weighted by atomic mass is 9.78. The Morgan fingerprint density at radius 2 is 2.06 bits per heavy atom. The molecule has 2 heteroatoms. The maximum absolute atomic E-state index is 9.84. The molecule has 3 unspecified atom stereocenters. The minimum atomic E-state index is 0.407. The van der Waals surface area contributed by atoms with E-state index in [-0.39, 0.29) is 0 Å². The molecule has 0 aliphatic heterocycles. The summed E-state index contributed by atoms with van der Waals surface area (Å²) in [6, 6.07) is 6.40. The van der Waals surface area contributed by atoms with Gasteiger partial charge in [-0.05, 0) is 31.2 Å². The molecular weight excluding hydrogens is 222 g/mol. The van der Waals surface area contributed by atoms with E-state index in [9.17, 15) is 5.11 Å². The van der Waals surface area contributed by atoms with E-state index in [2.05, 4.69) is 32.2 Å². The molecule has 0 saturated heterocycles. The highest BCUT2D eigenvalue weighted by Crippen LogP contribution is 2.30. The first-order chi connectivity index (χ1) is 8.58. The van der Waals surface area contributed by atoms with Crippen LogP contribution in [0, 0.1) is 18.8 Å². The molecule has 1 aromatic carbocycles.